The summed E-state index contributed by atoms with van der Waals surface area (Å²) in [5.74, 6) is -0.112. The van der Waals surface area contributed by atoms with E-state index >= 15 is 0 Å². The highest BCUT2D eigenvalue weighted by Crippen LogP contribution is 2.27. The van der Waals surface area contributed by atoms with E-state index in [4.69, 9.17) is 10.8 Å². The first kappa shape index (κ1) is 13.6. The fraction of sp³-hybridized carbons (Fsp3) is 0.308. The van der Waals surface area contributed by atoms with Crippen molar-refractivity contribution in [3.63, 3.8) is 0 Å². The van der Waals surface area contributed by atoms with Crippen LogP contribution in [0.3, 0.4) is 0 Å². The van der Waals surface area contributed by atoms with Crippen LogP contribution >= 0.6 is 0 Å². The average molecular weight is 268 g/mol. The van der Waals surface area contributed by atoms with Gasteiger partial charge >= 0.3 is 0 Å². The molecule has 1 fully saturated rings. The topological polar surface area (TPSA) is 106 Å². The molecule has 0 aliphatic carbocycles. The van der Waals surface area contributed by atoms with Crippen molar-refractivity contribution in [3.05, 3.63) is 46.6 Å². The Morgan fingerprint density at radius 3 is 3.20 bits per heavy atom. The molecule has 2 rings (SSSR count). The fourth-order valence-corrected chi connectivity index (χ4v) is 2.15. The molecule has 0 aromatic carbocycles. The van der Waals surface area contributed by atoms with Crippen molar-refractivity contribution in [2.24, 2.45) is 11.0 Å². The standard InChI is InChI=1S/C13H12N6O/c14-5-4-12(11-3-1-2-6-16-11)19-9-10(7-13(19)20)8-17-18-15/h1-4,6,10H,7-9H2. The van der Waals surface area contributed by atoms with Gasteiger partial charge in [-0.05, 0) is 23.6 Å². The summed E-state index contributed by atoms with van der Waals surface area (Å²) >= 11 is 0. The summed E-state index contributed by atoms with van der Waals surface area (Å²) in [5.41, 5.74) is 9.39. The van der Waals surface area contributed by atoms with Crippen LogP contribution in [0.25, 0.3) is 16.1 Å². The Labute approximate surface area is 115 Å². The predicted molar refractivity (Wildman–Crippen MR) is 71.7 cm³/mol. The van der Waals surface area contributed by atoms with Crippen molar-refractivity contribution in [1.82, 2.24) is 9.88 Å². The van der Waals surface area contributed by atoms with E-state index in [2.05, 4.69) is 15.0 Å². The Hall–Kier alpha value is -2.84. The maximum Gasteiger partial charge on any atom is 0.227 e. The summed E-state index contributed by atoms with van der Waals surface area (Å²) in [4.78, 5) is 20.5. The van der Waals surface area contributed by atoms with Crippen LogP contribution < -0.4 is 0 Å². The Kier molecular flexibility index (Phi) is 4.32. The number of nitriles is 1. The van der Waals surface area contributed by atoms with E-state index in [1.807, 2.05) is 6.07 Å². The minimum Gasteiger partial charge on any atom is -0.309 e. The van der Waals surface area contributed by atoms with Crippen LogP contribution in [0.1, 0.15) is 12.1 Å². The number of allylic oxidation sites excluding steroid dienone is 1. The van der Waals surface area contributed by atoms with E-state index in [1.165, 1.54) is 11.0 Å². The lowest BCUT2D eigenvalue weighted by atomic mass is 10.1. The highest BCUT2D eigenvalue weighted by atomic mass is 16.2. The highest BCUT2D eigenvalue weighted by molar-refractivity contribution is 5.88. The van der Waals surface area contributed by atoms with Crippen LogP contribution in [0.4, 0.5) is 0 Å². The van der Waals surface area contributed by atoms with Gasteiger partial charge in [0.2, 0.25) is 5.91 Å². The van der Waals surface area contributed by atoms with E-state index in [0.717, 1.165) is 0 Å². The van der Waals surface area contributed by atoms with Crippen LogP contribution in [0, 0.1) is 17.2 Å². The molecule has 1 amide bonds. The average Bonchev–Trinajstić information content (AvgIpc) is 2.84. The van der Waals surface area contributed by atoms with Crippen molar-refractivity contribution in [2.45, 2.75) is 6.42 Å². The molecule has 0 saturated carbocycles. The molecular weight excluding hydrogens is 256 g/mol. The molecule has 0 bridgehead atoms. The number of carbonyl (C=O) groups is 1. The largest absolute Gasteiger partial charge is 0.309 e. The third-order valence-electron chi connectivity index (χ3n) is 3.03. The van der Waals surface area contributed by atoms with Gasteiger partial charge in [-0.2, -0.15) is 5.26 Å². The monoisotopic (exact) mass is 268 g/mol. The third-order valence-corrected chi connectivity index (χ3v) is 3.03. The van der Waals surface area contributed by atoms with Crippen molar-refractivity contribution >= 4 is 11.6 Å². The zero-order valence-corrected chi connectivity index (χ0v) is 10.7. The van der Waals surface area contributed by atoms with Crippen LogP contribution in [-0.4, -0.2) is 28.9 Å². The molecule has 1 saturated heterocycles. The number of aromatic nitrogens is 1. The number of likely N-dealkylation sites (tertiary alicyclic amines) is 1. The molecule has 7 heteroatoms. The second-order valence-corrected chi connectivity index (χ2v) is 4.36. The maximum absolute atomic E-state index is 12.1. The van der Waals surface area contributed by atoms with Crippen LogP contribution in [0.2, 0.25) is 0 Å². The first-order valence-electron chi connectivity index (χ1n) is 6.08. The van der Waals surface area contributed by atoms with Gasteiger partial charge in [0.15, 0.2) is 0 Å². The molecule has 2 heterocycles. The molecule has 1 unspecified atom stereocenters. The van der Waals surface area contributed by atoms with Gasteiger partial charge in [0.05, 0.1) is 17.5 Å². The number of nitrogens with zero attached hydrogens (tertiary/aromatic N) is 6. The molecule has 20 heavy (non-hydrogen) atoms. The molecule has 100 valence electrons. The van der Waals surface area contributed by atoms with Crippen molar-refractivity contribution in [3.8, 4) is 6.07 Å². The van der Waals surface area contributed by atoms with Gasteiger partial charge in [-0.3, -0.25) is 9.78 Å². The Balaban J connectivity index is 2.24. The lowest BCUT2D eigenvalue weighted by Gasteiger charge is -2.19. The molecule has 0 N–H and O–H groups in total. The SMILES string of the molecule is N#CC=C(c1ccccn1)N1CC(CN=[N+]=[N-])CC1=O. The van der Waals surface area contributed by atoms with E-state index in [0.29, 0.717) is 24.4 Å². The minimum atomic E-state index is -0.0877. The first-order valence-corrected chi connectivity index (χ1v) is 6.08. The Bertz CT molecular complexity index is 611. The number of hydrogen-bond donors (Lipinski definition) is 0. The fourth-order valence-electron chi connectivity index (χ4n) is 2.15. The maximum atomic E-state index is 12.1. The molecular formula is C13H12N6O. The van der Waals surface area contributed by atoms with Crippen LogP contribution in [0.5, 0.6) is 0 Å². The lowest BCUT2D eigenvalue weighted by molar-refractivity contribution is -0.125. The predicted octanol–water partition coefficient (Wildman–Crippen LogP) is 2.10. The van der Waals surface area contributed by atoms with Gasteiger partial charge in [0.1, 0.15) is 0 Å². The summed E-state index contributed by atoms with van der Waals surface area (Å²) in [7, 11) is 0. The van der Waals surface area contributed by atoms with Gasteiger partial charge in [-0.15, -0.1) is 0 Å². The van der Waals surface area contributed by atoms with Gasteiger partial charge in [0, 0.05) is 36.7 Å². The van der Waals surface area contributed by atoms with E-state index in [-0.39, 0.29) is 18.4 Å². The molecule has 1 aliphatic rings. The molecule has 1 atom stereocenters. The van der Waals surface area contributed by atoms with Crippen molar-refractivity contribution in [2.75, 3.05) is 13.1 Å². The molecule has 0 spiro atoms. The normalized spacial score (nSPS) is 18.6. The van der Waals surface area contributed by atoms with Gasteiger partial charge in [0.25, 0.3) is 0 Å². The van der Waals surface area contributed by atoms with Crippen molar-refractivity contribution in [1.29, 1.82) is 5.26 Å². The molecule has 7 nitrogen and oxygen atoms in total. The highest BCUT2D eigenvalue weighted by Gasteiger charge is 2.32. The zero-order chi connectivity index (χ0) is 14.4. The number of hydrogen-bond acceptors (Lipinski definition) is 4. The Morgan fingerprint density at radius 2 is 2.55 bits per heavy atom. The molecule has 1 aromatic rings. The second-order valence-electron chi connectivity index (χ2n) is 4.36. The van der Waals surface area contributed by atoms with Crippen LogP contribution in [0.15, 0.2) is 35.6 Å². The molecule has 1 aliphatic heterocycles. The summed E-state index contributed by atoms with van der Waals surface area (Å²) in [5, 5.41) is 12.4. The summed E-state index contributed by atoms with van der Waals surface area (Å²) in [6.45, 7) is 0.711. The second kappa shape index (κ2) is 6.36. The number of amides is 1. The zero-order valence-electron chi connectivity index (χ0n) is 10.7. The first-order chi connectivity index (χ1) is 9.76. The molecule has 1 aromatic heterocycles. The summed E-state index contributed by atoms with van der Waals surface area (Å²) < 4.78 is 0. The van der Waals surface area contributed by atoms with E-state index in [1.54, 1.807) is 24.4 Å². The number of carbonyl (C=O) groups excluding carboxylic acids is 1. The summed E-state index contributed by atoms with van der Waals surface area (Å²) in [6.07, 6.45) is 3.24. The quantitative estimate of drug-likeness (QED) is 0.361. The number of rotatable bonds is 4. The van der Waals surface area contributed by atoms with Gasteiger partial charge in [-0.1, -0.05) is 11.2 Å². The smallest absolute Gasteiger partial charge is 0.227 e. The summed E-state index contributed by atoms with van der Waals surface area (Å²) in [6, 6.07) is 7.26. The minimum absolute atomic E-state index is 0.0239. The number of azide groups is 1. The molecule has 0 radical (unpaired) electrons. The van der Waals surface area contributed by atoms with Crippen LogP contribution in [-0.2, 0) is 4.79 Å². The van der Waals surface area contributed by atoms with E-state index in [9.17, 15) is 4.79 Å². The lowest BCUT2D eigenvalue weighted by Crippen LogP contribution is -2.24. The third kappa shape index (κ3) is 2.94. The van der Waals surface area contributed by atoms with Gasteiger partial charge < -0.3 is 4.90 Å². The Morgan fingerprint density at radius 1 is 1.70 bits per heavy atom. The number of pyridine rings is 1. The van der Waals surface area contributed by atoms with E-state index < -0.39 is 0 Å². The van der Waals surface area contributed by atoms with Gasteiger partial charge in [-0.25, -0.2) is 0 Å². The van der Waals surface area contributed by atoms with Crippen molar-refractivity contribution < 1.29 is 4.79 Å².